The molecular formula is C18H34O4. The highest BCUT2D eigenvalue weighted by Crippen LogP contribution is 2.10. The molecule has 130 valence electrons. The fourth-order valence-corrected chi connectivity index (χ4v) is 2.27. The summed E-state index contributed by atoms with van der Waals surface area (Å²) in [4.78, 5) is 22.6. The van der Waals surface area contributed by atoms with Crippen LogP contribution in [0.15, 0.2) is 0 Å². The topological polar surface area (TPSA) is 52.6 Å². The Morgan fingerprint density at radius 2 is 1.14 bits per heavy atom. The normalized spacial score (nSPS) is 10.5. The zero-order valence-electron chi connectivity index (χ0n) is 14.5. The van der Waals surface area contributed by atoms with Crippen molar-refractivity contribution >= 4 is 11.9 Å². The van der Waals surface area contributed by atoms with Crippen molar-refractivity contribution in [3.05, 3.63) is 0 Å². The van der Waals surface area contributed by atoms with E-state index in [0.717, 1.165) is 51.4 Å². The summed E-state index contributed by atoms with van der Waals surface area (Å²) in [6.45, 7) is 5.04. The molecule has 0 saturated heterocycles. The summed E-state index contributed by atoms with van der Waals surface area (Å²) in [6, 6.07) is 0. The number of carbonyl (C=O) groups excluding carboxylic acids is 2. The molecule has 0 N–H and O–H groups in total. The molecule has 4 heteroatoms. The van der Waals surface area contributed by atoms with Crippen LogP contribution in [0, 0.1) is 0 Å². The molecule has 0 aliphatic carbocycles. The van der Waals surface area contributed by atoms with Gasteiger partial charge in [0.05, 0.1) is 13.2 Å². The van der Waals surface area contributed by atoms with E-state index < -0.39 is 0 Å². The van der Waals surface area contributed by atoms with Crippen LogP contribution in [0.3, 0.4) is 0 Å². The minimum atomic E-state index is -0.0933. The van der Waals surface area contributed by atoms with Crippen molar-refractivity contribution in [1.29, 1.82) is 0 Å². The number of carbonyl (C=O) groups is 2. The molecule has 0 unspecified atom stereocenters. The Labute approximate surface area is 135 Å². The molecule has 0 radical (unpaired) electrons. The molecule has 0 spiro atoms. The van der Waals surface area contributed by atoms with Crippen molar-refractivity contribution < 1.29 is 19.1 Å². The minimum Gasteiger partial charge on any atom is -0.466 e. The Hall–Kier alpha value is -1.06. The van der Waals surface area contributed by atoms with Crippen LogP contribution in [0.5, 0.6) is 0 Å². The molecule has 0 aromatic rings. The maximum atomic E-state index is 11.5. The van der Waals surface area contributed by atoms with Gasteiger partial charge in [0.1, 0.15) is 0 Å². The smallest absolute Gasteiger partial charge is 0.305 e. The molecule has 0 aliphatic heterocycles. The van der Waals surface area contributed by atoms with E-state index in [9.17, 15) is 9.59 Å². The number of ether oxygens (including phenoxy) is 2. The van der Waals surface area contributed by atoms with Crippen molar-refractivity contribution in [1.82, 2.24) is 0 Å². The third kappa shape index (κ3) is 15.3. The molecule has 0 fully saturated rings. The number of rotatable bonds is 15. The van der Waals surface area contributed by atoms with E-state index in [1.54, 1.807) is 0 Å². The van der Waals surface area contributed by atoms with E-state index in [2.05, 4.69) is 6.92 Å². The van der Waals surface area contributed by atoms with E-state index in [4.69, 9.17) is 9.47 Å². The van der Waals surface area contributed by atoms with Crippen molar-refractivity contribution in [2.75, 3.05) is 13.2 Å². The number of hydrogen-bond donors (Lipinski definition) is 0. The van der Waals surface area contributed by atoms with Crippen LogP contribution < -0.4 is 0 Å². The molecule has 22 heavy (non-hydrogen) atoms. The molecule has 0 aromatic heterocycles. The quantitative estimate of drug-likeness (QED) is 0.322. The van der Waals surface area contributed by atoms with Gasteiger partial charge in [-0.2, -0.15) is 0 Å². The Balaban J connectivity index is 3.21. The van der Waals surface area contributed by atoms with Gasteiger partial charge >= 0.3 is 11.9 Å². The summed E-state index contributed by atoms with van der Waals surface area (Å²) in [6.07, 6.45) is 11.8. The zero-order chi connectivity index (χ0) is 16.5. The first-order valence-corrected chi connectivity index (χ1v) is 9.02. The van der Waals surface area contributed by atoms with Gasteiger partial charge in [-0.25, -0.2) is 0 Å². The Morgan fingerprint density at radius 1 is 0.636 bits per heavy atom. The lowest BCUT2D eigenvalue weighted by molar-refractivity contribution is -0.144. The second kappa shape index (κ2) is 16.3. The predicted molar refractivity (Wildman–Crippen MR) is 88.7 cm³/mol. The second-order valence-corrected chi connectivity index (χ2v) is 5.71. The average Bonchev–Trinajstić information content (AvgIpc) is 2.50. The third-order valence-electron chi connectivity index (χ3n) is 3.58. The highest BCUT2D eigenvalue weighted by molar-refractivity contribution is 5.69. The largest absolute Gasteiger partial charge is 0.466 e. The zero-order valence-corrected chi connectivity index (χ0v) is 14.5. The van der Waals surface area contributed by atoms with E-state index in [1.165, 1.54) is 12.8 Å². The van der Waals surface area contributed by atoms with E-state index in [1.807, 2.05) is 6.92 Å². The lowest BCUT2D eigenvalue weighted by Gasteiger charge is -2.05. The second-order valence-electron chi connectivity index (χ2n) is 5.71. The lowest BCUT2D eigenvalue weighted by atomic mass is 10.1. The van der Waals surface area contributed by atoms with Crippen LogP contribution in [0.2, 0.25) is 0 Å². The third-order valence-corrected chi connectivity index (χ3v) is 3.58. The molecule has 0 saturated carbocycles. The van der Waals surface area contributed by atoms with Crippen LogP contribution in [-0.2, 0) is 19.1 Å². The van der Waals surface area contributed by atoms with Gasteiger partial charge in [-0.05, 0) is 26.2 Å². The minimum absolute atomic E-state index is 0.0567. The monoisotopic (exact) mass is 314 g/mol. The highest BCUT2D eigenvalue weighted by Gasteiger charge is 2.03. The van der Waals surface area contributed by atoms with Gasteiger partial charge in [0.2, 0.25) is 0 Å². The number of esters is 2. The number of unbranched alkanes of at least 4 members (excludes halogenated alkanes) is 8. The SMILES string of the molecule is CCCCCCOC(=O)CCCCCCCCC(=O)OCC. The molecule has 0 aliphatic rings. The van der Waals surface area contributed by atoms with Gasteiger partial charge in [-0.3, -0.25) is 9.59 Å². The summed E-state index contributed by atoms with van der Waals surface area (Å²) in [5.41, 5.74) is 0. The van der Waals surface area contributed by atoms with Crippen LogP contribution in [0.4, 0.5) is 0 Å². The van der Waals surface area contributed by atoms with Gasteiger partial charge in [-0.1, -0.05) is 51.9 Å². The van der Waals surface area contributed by atoms with Gasteiger partial charge in [-0.15, -0.1) is 0 Å². The first kappa shape index (κ1) is 20.9. The highest BCUT2D eigenvalue weighted by atomic mass is 16.5. The fraction of sp³-hybridized carbons (Fsp3) is 0.889. The maximum absolute atomic E-state index is 11.5. The van der Waals surface area contributed by atoms with E-state index in [-0.39, 0.29) is 11.9 Å². The van der Waals surface area contributed by atoms with Crippen LogP contribution in [-0.4, -0.2) is 25.2 Å². The summed E-state index contributed by atoms with van der Waals surface area (Å²) in [5, 5.41) is 0. The molecule has 4 nitrogen and oxygen atoms in total. The lowest BCUT2D eigenvalue weighted by Crippen LogP contribution is -2.05. The molecule has 0 amide bonds. The van der Waals surface area contributed by atoms with Crippen LogP contribution in [0.1, 0.15) is 90.9 Å². The first-order chi connectivity index (χ1) is 10.7. The summed E-state index contributed by atoms with van der Waals surface area (Å²) in [5.74, 6) is -0.150. The van der Waals surface area contributed by atoms with E-state index in [0.29, 0.717) is 26.1 Å². The van der Waals surface area contributed by atoms with Crippen LogP contribution in [0.25, 0.3) is 0 Å². The Bertz CT molecular complexity index is 276. The van der Waals surface area contributed by atoms with Crippen molar-refractivity contribution in [3.63, 3.8) is 0 Å². The summed E-state index contributed by atoms with van der Waals surface area (Å²) < 4.78 is 10.1. The van der Waals surface area contributed by atoms with Gasteiger partial charge < -0.3 is 9.47 Å². The van der Waals surface area contributed by atoms with Crippen molar-refractivity contribution in [3.8, 4) is 0 Å². The van der Waals surface area contributed by atoms with Gasteiger partial charge in [0.15, 0.2) is 0 Å². The van der Waals surface area contributed by atoms with Crippen LogP contribution >= 0.6 is 0 Å². The molecule has 0 atom stereocenters. The molecule has 0 aromatic carbocycles. The summed E-state index contributed by atoms with van der Waals surface area (Å²) in [7, 11) is 0. The molecule has 0 rings (SSSR count). The van der Waals surface area contributed by atoms with Gasteiger partial charge in [0.25, 0.3) is 0 Å². The predicted octanol–water partition coefficient (Wildman–Crippen LogP) is 4.79. The Kier molecular flexibility index (Phi) is 15.5. The Morgan fingerprint density at radius 3 is 1.68 bits per heavy atom. The molecule has 0 bridgehead atoms. The first-order valence-electron chi connectivity index (χ1n) is 9.02. The van der Waals surface area contributed by atoms with Crippen molar-refractivity contribution in [2.45, 2.75) is 90.9 Å². The van der Waals surface area contributed by atoms with Crippen molar-refractivity contribution in [2.24, 2.45) is 0 Å². The average molecular weight is 314 g/mol. The standard InChI is InChI=1S/C18H34O4/c1-3-5-6-13-16-22-18(20)15-12-10-8-7-9-11-14-17(19)21-4-2/h3-16H2,1-2H3. The van der Waals surface area contributed by atoms with Gasteiger partial charge in [0, 0.05) is 12.8 Å². The molecule has 0 heterocycles. The maximum Gasteiger partial charge on any atom is 0.305 e. The summed E-state index contributed by atoms with van der Waals surface area (Å²) >= 11 is 0. The fourth-order valence-electron chi connectivity index (χ4n) is 2.27. The number of hydrogen-bond acceptors (Lipinski definition) is 4. The molecular weight excluding hydrogens is 280 g/mol. The van der Waals surface area contributed by atoms with E-state index >= 15 is 0 Å².